The SMILES string of the molecule is Cc1ccc(C(C)(C)C)c(OCc2cc(Br)cs2)c1. The Bertz CT molecular complexity index is 566. The van der Waals surface area contributed by atoms with Gasteiger partial charge in [-0.1, -0.05) is 32.9 Å². The van der Waals surface area contributed by atoms with Crippen LogP contribution < -0.4 is 4.74 Å². The van der Waals surface area contributed by atoms with Crippen molar-refractivity contribution in [3.8, 4) is 5.75 Å². The lowest BCUT2D eigenvalue weighted by atomic mass is 9.86. The maximum absolute atomic E-state index is 6.03. The second-order valence-corrected chi connectivity index (χ2v) is 7.68. The maximum Gasteiger partial charge on any atom is 0.123 e. The number of hydrogen-bond donors (Lipinski definition) is 0. The molecule has 0 fully saturated rings. The summed E-state index contributed by atoms with van der Waals surface area (Å²) in [5, 5.41) is 2.08. The molecule has 1 heterocycles. The molecule has 19 heavy (non-hydrogen) atoms. The van der Waals surface area contributed by atoms with Crippen LogP contribution in [0.3, 0.4) is 0 Å². The minimum absolute atomic E-state index is 0.0963. The Kier molecular flexibility index (Phi) is 4.36. The van der Waals surface area contributed by atoms with Crippen LogP contribution in [-0.2, 0) is 12.0 Å². The van der Waals surface area contributed by atoms with Crippen molar-refractivity contribution in [1.82, 2.24) is 0 Å². The van der Waals surface area contributed by atoms with Crippen molar-refractivity contribution in [3.05, 3.63) is 50.1 Å². The lowest BCUT2D eigenvalue weighted by molar-refractivity contribution is 0.300. The highest BCUT2D eigenvalue weighted by Crippen LogP contribution is 2.33. The van der Waals surface area contributed by atoms with E-state index in [1.165, 1.54) is 16.0 Å². The third kappa shape index (κ3) is 3.83. The minimum atomic E-state index is 0.0963. The quantitative estimate of drug-likeness (QED) is 0.697. The van der Waals surface area contributed by atoms with Crippen LogP contribution in [0.4, 0.5) is 0 Å². The highest BCUT2D eigenvalue weighted by molar-refractivity contribution is 9.10. The van der Waals surface area contributed by atoms with Crippen LogP contribution in [0.1, 0.15) is 36.8 Å². The molecule has 3 heteroatoms. The second-order valence-electron chi connectivity index (χ2n) is 5.77. The summed E-state index contributed by atoms with van der Waals surface area (Å²) in [4.78, 5) is 1.23. The fourth-order valence-electron chi connectivity index (χ4n) is 1.95. The van der Waals surface area contributed by atoms with Crippen LogP contribution in [0.5, 0.6) is 5.75 Å². The largest absolute Gasteiger partial charge is 0.488 e. The van der Waals surface area contributed by atoms with Gasteiger partial charge in [0, 0.05) is 14.7 Å². The molecule has 0 aliphatic heterocycles. The summed E-state index contributed by atoms with van der Waals surface area (Å²) in [5.41, 5.74) is 2.59. The summed E-state index contributed by atoms with van der Waals surface area (Å²) < 4.78 is 7.16. The molecule has 1 nitrogen and oxygen atoms in total. The van der Waals surface area contributed by atoms with E-state index in [0.717, 1.165) is 10.2 Å². The third-order valence-corrected chi connectivity index (χ3v) is 4.61. The van der Waals surface area contributed by atoms with Crippen molar-refractivity contribution in [1.29, 1.82) is 0 Å². The van der Waals surface area contributed by atoms with Crippen molar-refractivity contribution in [2.75, 3.05) is 0 Å². The average molecular weight is 339 g/mol. The monoisotopic (exact) mass is 338 g/mol. The van der Waals surface area contributed by atoms with E-state index < -0.39 is 0 Å². The normalized spacial score (nSPS) is 11.6. The lowest BCUT2D eigenvalue weighted by Gasteiger charge is -2.23. The average Bonchev–Trinajstić information content (AvgIpc) is 2.71. The standard InChI is InChI=1S/C16H19BrOS/c1-11-5-6-14(16(2,3)4)15(7-11)18-9-13-8-12(17)10-19-13/h5-8,10H,9H2,1-4H3. The number of benzene rings is 1. The predicted molar refractivity (Wildman–Crippen MR) is 86.2 cm³/mol. The van der Waals surface area contributed by atoms with Gasteiger partial charge in [0.2, 0.25) is 0 Å². The fraction of sp³-hybridized carbons (Fsp3) is 0.375. The van der Waals surface area contributed by atoms with Crippen molar-refractivity contribution in [2.24, 2.45) is 0 Å². The van der Waals surface area contributed by atoms with E-state index in [1.807, 2.05) is 0 Å². The zero-order chi connectivity index (χ0) is 14.0. The molecule has 1 aromatic carbocycles. The molecule has 0 aliphatic carbocycles. The van der Waals surface area contributed by atoms with Gasteiger partial charge in [-0.2, -0.15) is 0 Å². The van der Waals surface area contributed by atoms with Gasteiger partial charge in [0.25, 0.3) is 0 Å². The Balaban J connectivity index is 2.21. The lowest BCUT2D eigenvalue weighted by Crippen LogP contribution is -2.13. The van der Waals surface area contributed by atoms with Crippen LogP contribution in [0.2, 0.25) is 0 Å². The Morgan fingerprint density at radius 3 is 2.53 bits per heavy atom. The fourth-order valence-corrected chi connectivity index (χ4v) is 3.31. The molecule has 0 N–H and O–H groups in total. The third-order valence-electron chi connectivity index (χ3n) is 2.94. The van der Waals surface area contributed by atoms with Gasteiger partial charge >= 0.3 is 0 Å². The van der Waals surface area contributed by atoms with Gasteiger partial charge in [0.05, 0.1) is 0 Å². The topological polar surface area (TPSA) is 9.23 Å². The number of halogens is 1. The number of hydrogen-bond acceptors (Lipinski definition) is 2. The molecule has 0 amide bonds. The van der Waals surface area contributed by atoms with E-state index >= 15 is 0 Å². The number of aryl methyl sites for hydroxylation is 1. The van der Waals surface area contributed by atoms with Crippen molar-refractivity contribution < 1.29 is 4.74 Å². The number of thiophene rings is 1. The first-order chi connectivity index (χ1) is 8.86. The number of rotatable bonds is 3. The second kappa shape index (κ2) is 5.68. The Labute approximate surface area is 127 Å². The van der Waals surface area contributed by atoms with E-state index in [9.17, 15) is 0 Å². The van der Waals surface area contributed by atoms with Crippen molar-refractivity contribution >= 4 is 27.3 Å². The van der Waals surface area contributed by atoms with Gasteiger partial charge in [-0.25, -0.2) is 0 Å². The van der Waals surface area contributed by atoms with Crippen molar-refractivity contribution in [2.45, 2.75) is 39.7 Å². The molecule has 1 aromatic heterocycles. The van der Waals surface area contributed by atoms with Gasteiger partial charge in [0.15, 0.2) is 0 Å². The molecular weight excluding hydrogens is 320 g/mol. The summed E-state index contributed by atoms with van der Waals surface area (Å²) in [6.45, 7) is 9.37. The molecule has 0 radical (unpaired) electrons. The molecule has 2 rings (SSSR count). The molecule has 2 aromatic rings. The molecule has 0 atom stereocenters. The van der Waals surface area contributed by atoms with Crippen LogP contribution in [0.15, 0.2) is 34.1 Å². The van der Waals surface area contributed by atoms with Gasteiger partial charge in [0.1, 0.15) is 12.4 Å². The van der Waals surface area contributed by atoms with E-state index in [0.29, 0.717) is 6.61 Å². The summed E-state index contributed by atoms with van der Waals surface area (Å²) in [7, 11) is 0. The van der Waals surface area contributed by atoms with Gasteiger partial charge in [-0.05, 0) is 51.5 Å². The molecular formula is C16H19BrOS. The van der Waals surface area contributed by atoms with E-state index in [-0.39, 0.29) is 5.41 Å². The van der Waals surface area contributed by atoms with Crippen LogP contribution in [0, 0.1) is 6.92 Å². The first kappa shape index (κ1) is 14.6. The molecule has 0 unspecified atom stereocenters. The zero-order valence-electron chi connectivity index (χ0n) is 11.8. The molecule has 0 spiro atoms. The zero-order valence-corrected chi connectivity index (χ0v) is 14.2. The van der Waals surface area contributed by atoms with Gasteiger partial charge in [-0.3, -0.25) is 0 Å². The summed E-state index contributed by atoms with van der Waals surface area (Å²) in [6, 6.07) is 8.56. The highest BCUT2D eigenvalue weighted by atomic mass is 79.9. The van der Waals surface area contributed by atoms with Gasteiger partial charge < -0.3 is 4.74 Å². The van der Waals surface area contributed by atoms with Crippen molar-refractivity contribution in [3.63, 3.8) is 0 Å². The van der Waals surface area contributed by atoms with E-state index in [2.05, 4.69) is 73.3 Å². The molecule has 0 bridgehead atoms. The summed E-state index contributed by atoms with van der Waals surface area (Å²) >= 11 is 5.19. The molecule has 0 saturated heterocycles. The summed E-state index contributed by atoms with van der Waals surface area (Å²) in [5.74, 6) is 0.997. The van der Waals surface area contributed by atoms with E-state index in [1.54, 1.807) is 11.3 Å². The summed E-state index contributed by atoms with van der Waals surface area (Å²) in [6.07, 6.45) is 0. The molecule has 0 aliphatic rings. The van der Waals surface area contributed by atoms with Crippen LogP contribution >= 0.6 is 27.3 Å². The first-order valence-electron chi connectivity index (χ1n) is 6.33. The predicted octanol–water partition coefficient (Wildman–Crippen LogP) is 5.70. The smallest absolute Gasteiger partial charge is 0.123 e. The van der Waals surface area contributed by atoms with Gasteiger partial charge in [-0.15, -0.1) is 11.3 Å². The molecule has 0 saturated carbocycles. The van der Waals surface area contributed by atoms with Crippen LogP contribution in [0.25, 0.3) is 0 Å². The Morgan fingerprint density at radius 2 is 1.95 bits per heavy atom. The maximum atomic E-state index is 6.03. The van der Waals surface area contributed by atoms with E-state index in [4.69, 9.17) is 4.74 Å². The first-order valence-corrected chi connectivity index (χ1v) is 8.00. The molecule has 102 valence electrons. The van der Waals surface area contributed by atoms with Crippen LogP contribution in [-0.4, -0.2) is 0 Å². The Hall–Kier alpha value is -0.800. The Morgan fingerprint density at radius 1 is 1.21 bits per heavy atom. The highest BCUT2D eigenvalue weighted by Gasteiger charge is 2.19. The number of ether oxygens (including phenoxy) is 1. The minimum Gasteiger partial charge on any atom is -0.488 e.